The van der Waals surface area contributed by atoms with E-state index in [0.717, 1.165) is 36.7 Å². The Labute approximate surface area is 133 Å². The molecule has 0 spiro atoms. The summed E-state index contributed by atoms with van der Waals surface area (Å²) in [5, 5.41) is 9.59. The monoisotopic (exact) mass is 297 g/mol. The van der Waals surface area contributed by atoms with Crippen LogP contribution in [0.3, 0.4) is 0 Å². The molecule has 0 amide bonds. The van der Waals surface area contributed by atoms with Crippen LogP contribution in [0.1, 0.15) is 58.9 Å². The molecule has 0 atom stereocenters. The van der Waals surface area contributed by atoms with Gasteiger partial charge in [0.1, 0.15) is 0 Å². The zero-order valence-corrected chi connectivity index (χ0v) is 14.0. The average Bonchev–Trinajstić information content (AvgIpc) is 3.03. The summed E-state index contributed by atoms with van der Waals surface area (Å²) in [4.78, 5) is 0. The lowest BCUT2D eigenvalue weighted by molar-refractivity contribution is 0.00578. The van der Waals surface area contributed by atoms with Crippen molar-refractivity contribution in [2.24, 2.45) is 0 Å². The van der Waals surface area contributed by atoms with Crippen molar-refractivity contribution in [3.63, 3.8) is 0 Å². The molecule has 4 heteroatoms. The summed E-state index contributed by atoms with van der Waals surface area (Å²) in [6.45, 7) is 8.24. The highest BCUT2D eigenvalue weighted by atomic mass is 16.7. The third kappa shape index (κ3) is 2.37. The summed E-state index contributed by atoms with van der Waals surface area (Å²) >= 11 is 0. The summed E-state index contributed by atoms with van der Waals surface area (Å²) < 4.78 is 12.2. The third-order valence-electron chi connectivity index (χ3n) is 5.66. The van der Waals surface area contributed by atoms with E-state index in [2.05, 4.69) is 58.0 Å². The Bertz CT molecular complexity index is 579. The third-order valence-corrected chi connectivity index (χ3v) is 5.66. The summed E-state index contributed by atoms with van der Waals surface area (Å²) in [5.41, 5.74) is 1.22. The molecule has 1 saturated heterocycles. The van der Waals surface area contributed by atoms with E-state index in [-0.39, 0.29) is 23.7 Å². The normalized spacial score (nSPS) is 25.1. The predicted octanol–water partition coefficient (Wildman–Crippen LogP) is 3.32. The van der Waals surface area contributed by atoms with Crippen LogP contribution in [0.4, 0.5) is 0 Å². The molecule has 0 unspecified atom stereocenters. The van der Waals surface area contributed by atoms with Crippen LogP contribution in [0.15, 0.2) is 24.3 Å². The smallest absolute Gasteiger partial charge is 0.399 e. The molecule has 0 bridgehead atoms. The lowest BCUT2D eigenvalue weighted by Gasteiger charge is -2.32. The maximum absolute atomic E-state index is 9.59. The first-order chi connectivity index (χ1) is 10.3. The van der Waals surface area contributed by atoms with Gasteiger partial charge in [-0.3, -0.25) is 0 Å². The SMILES string of the molecule is CC1(C)OB(c2ccc(C3(C#N)CCCC3)cc2)OC1(C)C. The molecule has 1 heterocycles. The zero-order chi connectivity index (χ0) is 16.0. The standard InChI is InChI=1S/C18H24BNO2/c1-16(2)17(3,4)22-19(21-16)15-9-7-14(8-10-15)18(13-20)11-5-6-12-18/h7-10H,5-6,11-12H2,1-4H3. The lowest BCUT2D eigenvalue weighted by Crippen LogP contribution is -2.41. The highest BCUT2D eigenvalue weighted by Gasteiger charge is 2.51. The van der Waals surface area contributed by atoms with Gasteiger partial charge < -0.3 is 9.31 Å². The first-order valence-corrected chi connectivity index (χ1v) is 8.17. The van der Waals surface area contributed by atoms with E-state index in [9.17, 15) is 5.26 Å². The fourth-order valence-corrected chi connectivity index (χ4v) is 3.38. The van der Waals surface area contributed by atoms with Crippen molar-refractivity contribution in [2.75, 3.05) is 0 Å². The largest absolute Gasteiger partial charge is 0.494 e. The van der Waals surface area contributed by atoms with Gasteiger partial charge in [-0.05, 0) is 51.6 Å². The van der Waals surface area contributed by atoms with Crippen LogP contribution in [0.25, 0.3) is 0 Å². The van der Waals surface area contributed by atoms with Gasteiger partial charge in [-0.2, -0.15) is 5.26 Å². The van der Waals surface area contributed by atoms with E-state index in [1.165, 1.54) is 0 Å². The van der Waals surface area contributed by atoms with Gasteiger partial charge in [0, 0.05) is 0 Å². The molecule has 1 saturated carbocycles. The topological polar surface area (TPSA) is 42.2 Å². The van der Waals surface area contributed by atoms with Crippen molar-refractivity contribution in [1.82, 2.24) is 0 Å². The van der Waals surface area contributed by atoms with Crippen molar-refractivity contribution in [3.8, 4) is 6.07 Å². The fourth-order valence-electron chi connectivity index (χ4n) is 3.38. The first-order valence-electron chi connectivity index (χ1n) is 8.17. The first kappa shape index (κ1) is 15.6. The van der Waals surface area contributed by atoms with E-state index in [0.29, 0.717) is 0 Å². The molecule has 2 aliphatic rings. The molecule has 0 radical (unpaired) electrons. The summed E-state index contributed by atoms with van der Waals surface area (Å²) in [6.07, 6.45) is 4.23. The van der Waals surface area contributed by atoms with Crippen LogP contribution >= 0.6 is 0 Å². The molecule has 0 aromatic heterocycles. The number of nitriles is 1. The predicted molar refractivity (Wildman–Crippen MR) is 87.9 cm³/mol. The van der Waals surface area contributed by atoms with E-state index in [4.69, 9.17) is 9.31 Å². The Morgan fingerprint density at radius 1 is 0.955 bits per heavy atom. The molecule has 116 valence electrons. The molecular weight excluding hydrogens is 273 g/mol. The summed E-state index contributed by atoms with van der Waals surface area (Å²) in [5.74, 6) is 0. The molecule has 1 aromatic carbocycles. The van der Waals surface area contributed by atoms with Crippen molar-refractivity contribution < 1.29 is 9.31 Å². The second kappa shape index (κ2) is 5.11. The van der Waals surface area contributed by atoms with Gasteiger partial charge in [0.05, 0.1) is 22.7 Å². The molecule has 22 heavy (non-hydrogen) atoms. The van der Waals surface area contributed by atoms with Crippen LogP contribution in [-0.2, 0) is 14.7 Å². The van der Waals surface area contributed by atoms with Crippen molar-refractivity contribution in [3.05, 3.63) is 29.8 Å². The maximum atomic E-state index is 9.59. The minimum absolute atomic E-state index is 0.283. The van der Waals surface area contributed by atoms with E-state index >= 15 is 0 Å². The van der Waals surface area contributed by atoms with Crippen molar-refractivity contribution >= 4 is 12.6 Å². The molecule has 1 aromatic rings. The number of hydrogen-bond donors (Lipinski definition) is 0. The second-order valence-corrected chi connectivity index (χ2v) is 7.61. The van der Waals surface area contributed by atoms with Crippen molar-refractivity contribution in [2.45, 2.75) is 70.0 Å². The molecule has 1 aliphatic heterocycles. The molecule has 3 nitrogen and oxygen atoms in total. The van der Waals surface area contributed by atoms with Crippen LogP contribution < -0.4 is 5.46 Å². The van der Waals surface area contributed by atoms with Crippen LogP contribution in [0, 0.1) is 11.3 Å². The second-order valence-electron chi connectivity index (χ2n) is 7.61. The highest BCUT2D eigenvalue weighted by Crippen LogP contribution is 2.40. The number of hydrogen-bond acceptors (Lipinski definition) is 3. The molecule has 1 aliphatic carbocycles. The molecule has 2 fully saturated rings. The van der Waals surface area contributed by atoms with Gasteiger partial charge in [0.25, 0.3) is 0 Å². The van der Waals surface area contributed by atoms with E-state index in [1.807, 2.05) is 0 Å². The van der Waals surface area contributed by atoms with Gasteiger partial charge in [0.15, 0.2) is 0 Å². The van der Waals surface area contributed by atoms with E-state index in [1.54, 1.807) is 0 Å². The Morgan fingerprint density at radius 2 is 1.45 bits per heavy atom. The zero-order valence-electron chi connectivity index (χ0n) is 14.0. The summed E-state index contributed by atoms with van der Waals surface area (Å²) in [6, 6.07) is 10.8. The fraction of sp³-hybridized carbons (Fsp3) is 0.611. The van der Waals surface area contributed by atoms with Gasteiger partial charge in [0.2, 0.25) is 0 Å². The van der Waals surface area contributed by atoms with Gasteiger partial charge in [-0.15, -0.1) is 0 Å². The minimum atomic E-state index is -0.333. The minimum Gasteiger partial charge on any atom is -0.399 e. The summed E-state index contributed by atoms with van der Waals surface area (Å²) in [7, 11) is -0.333. The lowest BCUT2D eigenvalue weighted by atomic mass is 9.75. The maximum Gasteiger partial charge on any atom is 0.494 e. The Kier molecular flexibility index (Phi) is 3.62. The molecular formula is C18H24BNO2. The van der Waals surface area contributed by atoms with Crippen LogP contribution in [0.5, 0.6) is 0 Å². The average molecular weight is 297 g/mol. The van der Waals surface area contributed by atoms with Crippen LogP contribution in [0.2, 0.25) is 0 Å². The number of rotatable bonds is 2. The highest BCUT2D eigenvalue weighted by molar-refractivity contribution is 6.62. The number of nitrogens with zero attached hydrogens (tertiary/aromatic N) is 1. The van der Waals surface area contributed by atoms with E-state index < -0.39 is 0 Å². The van der Waals surface area contributed by atoms with Gasteiger partial charge in [-0.1, -0.05) is 37.1 Å². The Balaban J connectivity index is 1.83. The Morgan fingerprint density at radius 3 is 1.91 bits per heavy atom. The molecule has 0 N–H and O–H groups in total. The molecule has 3 rings (SSSR count). The van der Waals surface area contributed by atoms with Crippen molar-refractivity contribution in [1.29, 1.82) is 5.26 Å². The van der Waals surface area contributed by atoms with Crippen LogP contribution in [-0.4, -0.2) is 18.3 Å². The number of benzene rings is 1. The quantitative estimate of drug-likeness (QED) is 0.786. The Hall–Kier alpha value is -1.31. The van der Waals surface area contributed by atoms with Gasteiger partial charge in [-0.25, -0.2) is 0 Å². The van der Waals surface area contributed by atoms with Gasteiger partial charge >= 0.3 is 7.12 Å².